The summed E-state index contributed by atoms with van der Waals surface area (Å²) in [6.45, 7) is 24.2. The first kappa shape index (κ1) is 34.0. The molecule has 10 atom stereocenters. The third kappa shape index (κ3) is 6.15. The maximum atomic E-state index is 12.9. The Kier molecular flexibility index (Phi) is 9.55. The molecule has 0 aromatic carbocycles. The summed E-state index contributed by atoms with van der Waals surface area (Å²) < 4.78 is 12.2. The molecule has 6 heteroatoms. The van der Waals surface area contributed by atoms with E-state index in [9.17, 15) is 14.7 Å². The van der Waals surface area contributed by atoms with Gasteiger partial charge in [0.25, 0.3) is 14.3 Å². The van der Waals surface area contributed by atoms with Gasteiger partial charge in [-0.3, -0.25) is 9.59 Å². The summed E-state index contributed by atoms with van der Waals surface area (Å²) in [5.41, 5.74) is 0.00510. The molecule has 0 aromatic heterocycles. The van der Waals surface area contributed by atoms with Crippen LogP contribution in [-0.2, 0) is 18.8 Å². The summed E-state index contributed by atoms with van der Waals surface area (Å²) in [7, 11) is -2.09. The van der Waals surface area contributed by atoms with E-state index in [-0.39, 0.29) is 40.0 Å². The van der Waals surface area contributed by atoms with Crippen LogP contribution < -0.4 is 0 Å². The highest BCUT2D eigenvalue weighted by Gasteiger charge is 2.63. The van der Waals surface area contributed by atoms with E-state index in [1.54, 1.807) is 0 Å². The van der Waals surface area contributed by atoms with Gasteiger partial charge in [-0.25, -0.2) is 0 Å². The minimum atomic E-state index is -2.09. The minimum absolute atomic E-state index is 0.0148. The number of hydrogen-bond acceptors (Lipinski definition) is 5. The molecule has 4 aliphatic rings. The molecule has 8 unspecified atom stereocenters. The molecule has 0 aromatic rings. The Balaban J connectivity index is 1.40. The van der Waals surface area contributed by atoms with Gasteiger partial charge in [0, 0.05) is 6.42 Å². The van der Waals surface area contributed by atoms with Crippen molar-refractivity contribution in [2.75, 3.05) is 0 Å². The Morgan fingerprint density at radius 3 is 2.19 bits per heavy atom. The SMILES string of the molecule is CCC(C)(C)C(=O)OC1CC[C@@]2(C)C(C1)CC(O)C1C3CCC(C(C)CCC(=O)O[Si](C)(C)C(C)(C)C)[C@@]3(C)CCC12. The highest BCUT2D eigenvalue weighted by atomic mass is 28.4. The summed E-state index contributed by atoms with van der Waals surface area (Å²) in [6.07, 6.45) is 10.5. The van der Waals surface area contributed by atoms with Gasteiger partial charge in [0.1, 0.15) is 6.10 Å². The number of aliphatic hydroxyl groups is 1. The Hall–Kier alpha value is -0.883. The lowest BCUT2D eigenvalue weighted by molar-refractivity contribution is -0.186. The van der Waals surface area contributed by atoms with E-state index in [4.69, 9.17) is 9.16 Å². The zero-order valence-corrected chi connectivity index (χ0v) is 30.0. The quantitative estimate of drug-likeness (QED) is 0.221. The van der Waals surface area contributed by atoms with Crippen molar-refractivity contribution in [3.63, 3.8) is 0 Å². The van der Waals surface area contributed by atoms with E-state index < -0.39 is 13.7 Å². The van der Waals surface area contributed by atoms with E-state index in [0.29, 0.717) is 41.9 Å². The molecule has 1 N–H and O–H groups in total. The number of carbonyl (C=O) groups is 2. The monoisotopic (exact) mass is 604 g/mol. The van der Waals surface area contributed by atoms with Gasteiger partial charge in [-0.15, -0.1) is 0 Å². The Morgan fingerprint density at radius 1 is 0.952 bits per heavy atom. The van der Waals surface area contributed by atoms with Crippen molar-refractivity contribution in [1.29, 1.82) is 0 Å². The average molecular weight is 605 g/mol. The molecule has 4 fully saturated rings. The predicted octanol–water partition coefficient (Wildman–Crippen LogP) is 8.93. The van der Waals surface area contributed by atoms with E-state index in [0.717, 1.165) is 38.5 Å². The topological polar surface area (TPSA) is 72.8 Å². The smallest absolute Gasteiger partial charge is 0.311 e. The van der Waals surface area contributed by atoms with Crippen LogP contribution in [0.25, 0.3) is 0 Å². The zero-order chi connectivity index (χ0) is 31.5. The number of fused-ring (bicyclic) bond motifs is 5. The zero-order valence-electron chi connectivity index (χ0n) is 29.0. The van der Waals surface area contributed by atoms with Crippen molar-refractivity contribution < 1.29 is 23.9 Å². The maximum absolute atomic E-state index is 12.9. The largest absolute Gasteiger partial charge is 0.519 e. The van der Waals surface area contributed by atoms with Gasteiger partial charge < -0.3 is 14.3 Å². The molecular formula is C36H64O5Si. The first-order valence-electron chi connectivity index (χ1n) is 17.4. The van der Waals surface area contributed by atoms with Crippen molar-refractivity contribution in [1.82, 2.24) is 0 Å². The number of rotatable bonds is 8. The van der Waals surface area contributed by atoms with E-state index in [1.807, 2.05) is 20.8 Å². The molecule has 0 aliphatic heterocycles. The first-order valence-corrected chi connectivity index (χ1v) is 20.3. The van der Waals surface area contributed by atoms with Crippen molar-refractivity contribution in [2.24, 2.45) is 51.8 Å². The van der Waals surface area contributed by atoms with Crippen molar-refractivity contribution in [3.05, 3.63) is 0 Å². The van der Waals surface area contributed by atoms with E-state index in [1.165, 1.54) is 25.7 Å². The highest BCUT2D eigenvalue weighted by molar-refractivity contribution is 6.75. The number of hydrogen-bond donors (Lipinski definition) is 1. The molecule has 0 radical (unpaired) electrons. The molecule has 0 amide bonds. The van der Waals surface area contributed by atoms with Crippen molar-refractivity contribution >= 4 is 20.3 Å². The molecule has 5 nitrogen and oxygen atoms in total. The van der Waals surface area contributed by atoms with Gasteiger partial charge in [0.2, 0.25) is 0 Å². The molecule has 0 bridgehead atoms. The maximum Gasteiger partial charge on any atom is 0.311 e. The third-order valence-corrected chi connectivity index (χ3v) is 18.4. The number of aliphatic hydroxyl groups excluding tert-OH is 1. The second-order valence-electron chi connectivity index (χ2n) is 17.8. The van der Waals surface area contributed by atoms with Crippen molar-refractivity contribution in [2.45, 2.75) is 163 Å². The Bertz CT molecular complexity index is 999. The molecule has 0 heterocycles. The second kappa shape index (κ2) is 11.8. The van der Waals surface area contributed by atoms with Gasteiger partial charge in [0.05, 0.1) is 11.5 Å². The van der Waals surface area contributed by atoms with E-state index in [2.05, 4.69) is 54.6 Å². The summed E-state index contributed by atoms with van der Waals surface area (Å²) >= 11 is 0. The number of carbonyl (C=O) groups excluding carboxylic acids is 2. The number of esters is 1. The van der Waals surface area contributed by atoms with Gasteiger partial charge in [-0.2, -0.15) is 0 Å². The fraction of sp³-hybridized carbons (Fsp3) is 0.944. The van der Waals surface area contributed by atoms with Crippen LogP contribution >= 0.6 is 0 Å². The summed E-state index contributed by atoms with van der Waals surface area (Å²) in [5.74, 6) is 2.86. The molecule has 0 saturated heterocycles. The second-order valence-corrected chi connectivity index (χ2v) is 22.5. The predicted molar refractivity (Wildman–Crippen MR) is 172 cm³/mol. The van der Waals surface area contributed by atoms with Gasteiger partial charge >= 0.3 is 5.97 Å². The Morgan fingerprint density at radius 2 is 1.57 bits per heavy atom. The van der Waals surface area contributed by atoms with Gasteiger partial charge in [0.15, 0.2) is 0 Å². The molecule has 42 heavy (non-hydrogen) atoms. The average Bonchev–Trinajstić information content (AvgIpc) is 3.24. The lowest BCUT2D eigenvalue weighted by atomic mass is 9.43. The van der Waals surface area contributed by atoms with Crippen LogP contribution in [0.2, 0.25) is 18.1 Å². The van der Waals surface area contributed by atoms with Crippen LogP contribution in [0, 0.1) is 51.8 Å². The van der Waals surface area contributed by atoms with Crippen LogP contribution in [0.1, 0.15) is 133 Å². The fourth-order valence-corrected chi connectivity index (χ4v) is 10.7. The fourth-order valence-electron chi connectivity index (χ4n) is 9.76. The van der Waals surface area contributed by atoms with Gasteiger partial charge in [-0.05, 0) is 143 Å². The molecule has 4 saturated carbocycles. The molecular weight excluding hydrogens is 540 g/mol. The molecule has 242 valence electrons. The van der Waals surface area contributed by atoms with Crippen molar-refractivity contribution in [3.8, 4) is 0 Å². The summed E-state index contributed by atoms with van der Waals surface area (Å²) in [5, 5.41) is 11.8. The molecule has 4 aliphatic carbocycles. The lowest BCUT2D eigenvalue weighted by Gasteiger charge is -2.62. The third-order valence-electron chi connectivity index (χ3n) is 14.1. The highest BCUT2D eigenvalue weighted by Crippen LogP contribution is 2.68. The lowest BCUT2D eigenvalue weighted by Crippen LogP contribution is -2.59. The standard InChI is InChI=1S/C36H64O5Si/c1-12-34(6,7)32(39)40-25-17-19-35(8)24(21-25)22-29(37)31-27-15-14-26(36(27,9)20-18-28(31)35)23(2)13-16-30(38)41-42(10,11)33(3,4)5/h23-29,31,37H,12-22H2,1-11H3/t23?,24?,25?,26?,27?,28?,29?,31?,35-,36+/m0/s1. The molecule has 0 spiro atoms. The number of ether oxygens (including phenoxy) is 1. The Labute approximate surface area is 258 Å². The summed E-state index contributed by atoms with van der Waals surface area (Å²) in [6, 6.07) is 0. The van der Waals surface area contributed by atoms with Crippen LogP contribution in [0.4, 0.5) is 0 Å². The minimum Gasteiger partial charge on any atom is -0.519 e. The normalized spacial score (nSPS) is 39.5. The van der Waals surface area contributed by atoms with Crippen LogP contribution in [-0.4, -0.2) is 37.6 Å². The van der Waals surface area contributed by atoms with Gasteiger partial charge in [-0.1, -0.05) is 48.5 Å². The van der Waals surface area contributed by atoms with Crippen LogP contribution in [0.5, 0.6) is 0 Å². The van der Waals surface area contributed by atoms with Crippen LogP contribution in [0.15, 0.2) is 0 Å². The first-order chi connectivity index (χ1) is 19.3. The van der Waals surface area contributed by atoms with E-state index >= 15 is 0 Å². The van der Waals surface area contributed by atoms with Crippen LogP contribution in [0.3, 0.4) is 0 Å². The summed E-state index contributed by atoms with van der Waals surface area (Å²) in [4.78, 5) is 25.7. The molecule has 4 rings (SSSR count).